The number of aromatic nitrogens is 2. The Morgan fingerprint density at radius 1 is 1.00 bits per heavy atom. The van der Waals surface area contributed by atoms with E-state index >= 15 is 0 Å². The van der Waals surface area contributed by atoms with E-state index in [0.29, 0.717) is 12.3 Å². The van der Waals surface area contributed by atoms with E-state index in [2.05, 4.69) is 53.2 Å². The van der Waals surface area contributed by atoms with Crippen molar-refractivity contribution < 1.29 is 4.79 Å². The molecule has 0 bridgehead atoms. The lowest BCUT2D eigenvalue weighted by atomic mass is 10.0. The zero-order chi connectivity index (χ0) is 17.8. The summed E-state index contributed by atoms with van der Waals surface area (Å²) in [5.41, 5.74) is 3.31. The molecule has 5 nitrogen and oxygen atoms in total. The van der Waals surface area contributed by atoms with Gasteiger partial charge in [-0.05, 0) is 36.1 Å². The molecule has 0 saturated carbocycles. The highest BCUT2D eigenvalue weighted by Gasteiger charge is 2.22. The predicted molar refractivity (Wildman–Crippen MR) is 99.8 cm³/mol. The summed E-state index contributed by atoms with van der Waals surface area (Å²) in [5.74, 6) is 1.61. The molecule has 25 heavy (non-hydrogen) atoms. The molecule has 1 aliphatic heterocycles. The molecule has 5 heteroatoms. The minimum Gasteiger partial charge on any atom is -0.352 e. The van der Waals surface area contributed by atoms with Crippen LogP contribution in [0.5, 0.6) is 0 Å². The molecule has 3 rings (SSSR count). The van der Waals surface area contributed by atoms with Crippen molar-refractivity contribution in [3.63, 3.8) is 0 Å². The van der Waals surface area contributed by atoms with Crippen LogP contribution < -0.4 is 4.90 Å². The molecule has 2 aromatic rings. The number of benzene rings is 1. The van der Waals surface area contributed by atoms with Gasteiger partial charge < -0.3 is 9.80 Å². The fourth-order valence-corrected chi connectivity index (χ4v) is 3.05. The van der Waals surface area contributed by atoms with Crippen LogP contribution in [0.25, 0.3) is 0 Å². The summed E-state index contributed by atoms with van der Waals surface area (Å²) in [6.07, 6.45) is 0.475. The maximum absolute atomic E-state index is 12.6. The maximum Gasteiger partial charge on any atom is 0.227 e. The number of hydrogen-bond donors (Lipinski definition) is 0. The van der Waals surface area contributed by atoms with E-state index in [4.69, 9.17) is 0 Å². The summed E-state index contributed by atoms with van der Waals surface area (Å²) < 4.78 is 0. The van der Waals surface area contributed by atoms with E-state index in [1.165, 1.54) is 5.56 Å². The Hall–Kier alpha value is -2.43. The smallest absolute Gasteiger partial charge is 0.227 e. The molecule has 0 unspecified atom stereocenters. The molecule has 2 heterocycles. The SMILES string of the molecule is Cc1ccc(N2CCN(C(=O)Cc3ccc(C(C)C)cc3)CC2)nn1. The van der Waals surface area contributed by atoms with Gasteiger partial charge in [0, 0.05) is 26.2 Å². The average Bonchev–Trinajstić information content (AvgIpc) is 2.63. The van der Waals surface area contributed by atoms with E-state index in [1.54, 1.807) is 0 Å². The monoisotopic (exact) mass is 338 g/mol. The van der Waals surface area contributed by atoms with Crippen molar-refractivity contribution in [2.45, 2.75) is 33.1 Å². The van der Waals surface area contributed by atoms with Crippen LogP contribution in [0.3, 0.4) is 0 Å². The first-order valence-electron chi connectivity index (χ1n) is 8.95. The Bertz CT molecular complexity index is 701. The van der Waals surface area contributed by atoms with Crippen LogP contribution in [0, 0.1) is 6.92 Å². The molecule has 0 aliphatic carbocycles. The van der Waals surface area contributed by atoms with Crippen LogP contribution in [-0.2, 0) is 11.2 Å². The zero-order valence-corrected chi connectivity index (χ0v) is 15.3. The molecule has 1 amide bonds. The summed E-state index contributed by atoms with van der Waals surface area (Å²) >= 11 is 0. The van der Waals surface area contributed by atoms with Gasteiger partial charge in [-0.15, -0.1) is 5.10 Å². The second-order valence-corrected chi connectivity index (χ2v) is 6.97. The Labute approximate surface area is 149 Å². The number of carbonyl (C=O) groups is 1. The lowest BCUT2D eigenvalue weighted by Crippen LogP contribution is -2.49. The van der Waals surface area contributed by atoms with E-state index < -0.39 is 0 Å². The fourth-order valence-electron chi connectivity index (χ4n) is 3.05. The van der Waals surface area contributed by atoms with Crippen LogP contribution in [0.1, 0.15) is 36.6 Å². The van der Waals surface area contributed by atoms with Gasteiger partial charge in [-0.25, -0.2) is 0 Å². The van der Waals surface area contributed by atoms with Crippen molar-refractivity contribution in [1.82, 2.24) is 15.1 Å². The molecule has 0 spiro atoms. The molecule has 1 saturated heterocycles. The number of hydrogen-bond acceptors (Lipinski definition) is 4. The first kappa shape index (κ1) is 17.4. The summed E-state index contributed by atoms with van der Waals surface area (Å²) in [5, 5.41) is 8.35. The summed E-state index contributed by atoms with van der Waals surface area (Å²) in [7, 11) is 0. The maximum atomic E-state index is 12.6. The summed E-state index contributed by atoms with van der Waals surface area (Å²) in [4.78, 5) is 16.7. The van der Waals surface area contributed by atoms with Crippen molar-refractivity contribution in [3.8, 4) is 0 Å². The topological polar surface area (TPSA) is 49.3 Å². The van der Waals surface area contributed by atoms with E-state index in [1.807, 2.05) is 24.0 Å². The molecule has 1 fully saturated rings. The number of aryl methyl sites for hydroxylation is 1. The number of amides is 1. The minimum atomic E-state index is 0.201. The first-order chi connectivity index (χ1) is 12.0. The predicted octanol–water partition coefficient (Wildman–Crippen LogP) is 2.80. The number of anilines is 1. The standard InChI is InChI=1S/C20H26N4O/c1-15(2)18-7-5-17(6-8-18)14-20(25)24-12-10-23(11-13-24)19-9-4-16(3)21-22-19/h4-9,15H,10-14H2,1-3H3. The van der Waals surface area contributed by atoms with Gasteiger partial charge in [-0.2, -0.15) is 5.10 Å². The van der Waals surface area contributed by atoms with Gasteiger partial charge in [0.25, 0.3) is 0 Å². The zero-order valence-electron chi connectivity index (χ0n) is 15.3. The Morgan fingerprint density at radius 3 is 2.24 bits per heavy atom. The molecule has 1 aromatic heterocycles. The van der Waals surface area contributed by atoms with Crippen LogP contribution in [-0.4, -0.2) is 47.2 Å². The first-order valence-corrected chi connectivity index (χ1v) is 8.95. The third-order valence-corrected chi connectivity index (χ3v) is 4.74. The second-order valence-electron chi connectivity index (χ2n) is 6.97. The third-order valence-electron chi connectivity index (χ3n) is 4.74. The number of rotatable bonds is 4. The van der Waals surface area contributed by atoms with Gasteiger partial charge in [0.15, 0.2) is 5.82 Å². The highest BCUT2D eigenvalue weighted by molar-refractivity contribution is 5.79. The second kappa shape index (κ2) is 7.64. The lowest BCUT2D eigenvalue weighted by molar-refractivity contribution is -0.130. The molecule has 1 aromatic carbocycles. The Balaban J connectivity index is 1.53. The minimum absolute atomic E-state index is 0.201. The third kappa shape index (κ3) is 4.35. The Morgan fingerprint density at radius 2 is 1.68 bits per heavy atom. The normalized spacial score (nSPS) is 14.9. The van der Waals surface area contributed by atoms with Crippen LogP contribution in [0.15, 0.2) is 36.4 Å². The van der Waals surface area contributed by atoms with E-state index in [9.17, 15) is 4.79 Å². The molecular formula is C20H26N4O. The quantitative estimate of drug-likeness (QED) is 0.860. The van der Waals surface area contributed by atoms with Crippen molar-refractivity contribution in [2.24, 2.45) is 0 Å². The van der Waals surface area contributed by atoms with Crippen molar-refractivity contribution in [1.29, 1.82) is 0 Å². The van der Waals surface area contributed by atoms with E-state index in [-0.39, 0.29) is 5.91 Å². The van der Waals surface area contributed by atoms with Crippen LogP contribution in [0.2, 0.25) is 0 Å². The molecular weight excluding hydrogens is 312 g/mol. The summed E-state index contributed by atoms with van der Waals surface area (Å²) in [6, 6.07) is 12.4. The van der Waals surface area contributed by atoms with Gasteiger partial charge in [-0.3, -0.25) is 4.79 Å². The van der Waals surface area contributed by atoms with Gasteiger partial charge in [0.05, 0.1) is 12.1 Å². The van der Waals surface area contributed by atoms with Crippen molar-refractivity contribution in [2.75, 3.05) is 31.1 Å². The van der Waals surface area contributed by atoms with E-state index in [0.717, 1.165) is 43.3 Å². The molecule has 0 radical (unpaired) electrons. The molecule has 132 valence electrons. The van der Waals surface area contributed by atoms with Gasteiger partial charge >= 0.3 is 0 Å². The van der Waals surface area contributed by atoms with Crippen molar-refractivity contribution >= 4 is 11.7 Å². The highest BCUT2D eigenvalue weighted by atomic mass is 16.2. The van der Waals surface area contributed by atoms with Crippen LogP contribution in [0.4, 0.5) is 5.82 Å². The number of piperazine rings is 1. The van der Waals surface area contributed by atoms with Gasteiger partial charge in [0.1, 0.15) is 0 Å². The van der Waals surface area contributed by atoms with Gasteiger partial charge in [0.2, 0.25) is 5.91 Å². The van der Waals surface area contributed by atoms with Crippen molar-refractivity contribution in [3.05, 3.63) is 53.2 Å². The molecule has 0 N–H and O–H groups in total. The lowest BCUT2D eigenvalue weighted by Gasteiger charge is -2.35. The number of carbonyl (C=O) groups excluding carboxylic acids is 1. The average molecular weight is 338 g/mol. The van der Waals surface area contributed by atoms with Crippen LogP contribution >= 0.6 is 0 Å². The largest absolute Gasteiger partial charge is 0.352 e. The highest BCUT2D eigenvalue weighted by Crippen LogP contribution is 2.16. The number of nitrogens with zero attached hydrogens (tertiary/aromatic N) is 4. The fraction of sp³-hybridized carbons (Fsp3) is 0.450. The molecule has 1 aliphatic rings. The molecule has 0 atom stereocenters. The summed E-state index contributed by atoms with van der Waals surface area (Å²) in [6.45, 7) is 9.36. The Kier molecular flexibility index (Phi) is 5.31. The van der Waals surface area contributed by atoms with Gasteiger partial charge in [-0.1, -0.05) is 38.1 Å².